The molecule has 0 unspecified atom stereocenters. The zero-order valence-corrected chi connectivity index (χ0v) is 25.2. The van der Waals surface area contributed by atoms with Crippen molar-refractivity contribution in [1.82, 2.24) is 10.2 Å². The highest BCUT2D eigenvalue weighted by Gasteiger charge is 2.33. The summed E-state index contributed by atoms with van der Waals surface area (Å²) in [7, 11) is 0. The predicted molar refractivity (Wildman–Crippen MR) is 158 cm³/mol. The summed E-state index contributed by atoms with van der Waals surface area (Å²) in [5.41, 5.74) is 2.28. The van der Waals surface area contributed by atoms with E-state index in [9.17, 15) is 9.59 Å². The Bertz CT molecular complexity index is 1260. The summed E-state index contributed by atoms with van der Waals surface area (Å²) in [6, 6.07) is 19.7. The van der Waals surface area contributed by atoms with Crippen LogP contribution in [0.4, 0.5) is 0 Å². The number of aryl methyl sites for hydroxylation is 1. The third-order valence-electron chi connectivity index (χ3n) is 5.88. The van der Waals surface area contributed by atoms with Crippen LogP contribution in [0.2, 0.25) is 10.0 Å². The average molecular weight is 620 g/mol. The molecule has 38 heavy (non-hydrogen) atoms. The molecule has 0 radical (unpaired) electrons. The van der Waals surface area contributed by atoms with Crippen molar-refractivity contribution in [3.05, 3.63) is 97.9 Å². The van der Waals surface area contributed by atoms with Crippen LogP contribution >= 0.6 is 39.1 Å². The van der Waals surface area contributed by atoms with Gasteiger partial charge in [0.25, 0.3) is 5.91 Å². The summed E-state index contributed by atoms with van der Waals surface area (Å²) in [6.07, 6.45) is 1.21. The fourth-order valence-electron chi connectivity index (χ4n) is 3.94. The Kier molecular flexibility index (Phi) is 10.7. The van der Waals surface area contributed by atoms with Gasteiger partial charge < -0.3 is 15.0 Å². The largest absolute Gasteiger partial charge is 0.483 e. The van der Waals surface area contributed by atoms with Crippen molar-refractivity contribution >= 4 is 50.9 Å². The van der Waals surface area contributed by atoms with Crippen LogP contribution in [-0.4, -0.2) is 34.9 Å². The Morgan fingerprint density at radius 3 is 2.32 bits per heavy atom. The van der Waals surface area contributed by atoms with E-state index in [0.717, 1.165) is 22.0 Å². The first kappa shape index (κ1) is 30.0. The van der Waals surface area contributed by atoms with Gasteiger partial charge in [-0.15, -0.1) is 0 Å². The Morgan fingerprint density at radius 2 is 1.71 bits per heavy atom. The maximum absolute atomic E-state index is 13.8. The van der Waals surface area contributed by atoms with Crippen molar-refractivity contribution < 1.29 is 14.3 Å². The molecule has 0 saturated carbocycles. The van der Waals surface area contributed by atoms with Gasteiger partial charge in [0.2, 0.25) is 5.91 Å². The third kappa shape index (κ3) is 8.75. The van der Waals surface area contributed by atoms with E-state index in [2.05, 4.69) is 28.2 Å². The minimum atomic E-state index is -0.801. The molecule has 5 nitrogen and oxygen atoms in total. The molecule has 0 aliphatic heterocycles. The highest BCUT2D eigenvalue weighted by atomic mass is 79.9. The molecule has 0 spiro atoms. The van der Waals surface area contributed by atoms with Gasteiger partial charge in [-0.2, -0.15) is 0 Å². The minimum Gasteiger partial charge on any atom is -0.483 e. The fourth-order valence-corrected chi connectivity index (χ4v) is 4.95. The number of rotatable bonds is 10. The molecule has 1 atom stereocenters. The number of carbonyl (C=O) groups excluding carboxylic acids is 2. The molecule has 3 aromatic rings. The molecule has 0 aliphatic rings. The first-order valence-corrected chi connectivity index (χ1v) is 14.0. The summed E-state index contributed by atoms with van der Waals surface area (Å²) in [6.45, 7) is 7.67. The molecule has 2 amide bonds. The van der Waals surface area contributed by atoms with Crippen LogP contribution in [0.3, 0.4) is 0 Å². The SMILES string of the molecule is CCc1ccc(OCC(=O)N(Cc2ccc(Cl)cc2Cl)[C@H](Cc2ccccc2)C(=O)NC(C)(C)C)c(Br)c1. The van der Waals surface area contributed by atoms with Crippen molar-refractivity contribution in [2.45, 2.75) is 58.7 Å². The monoisotopic (exact) mass is 618 g/mol. The van der Waals surface area contributed by atoms with Crippen LogP contribution < -0.4 is 10.1 Å². The van der Waals surface area contributed by atoms with E-state index in [-0.39, 0.29) is 25.0 Å². The summed E-state index contributed by atoms with van der Waals surface area (Å²) in [4.78, 5) is 28.9. The second-order valence-electron chi connectivity index (χ2n) is 10.1. The number of halogens is 3. The van der Waals surface area contributed by atoms with E-state index in [1.807, 2.05) is 69.3 Å². The van der Waals surface area contributed by atoms with E-state index < -0.39 is 11.6 Å². The van der Waals surface area contributed by atoms with Crippen LogP contribution in [0.5, 0.6) is 5.75 Å². The average Bonchev–Trinajstić information content (AvgIpc) is 2.85. The van der Waals surface area contributed by atoms with Crippen molar-refractivity contribution in [3.63, 3.8) is 0 Å². The smallest absolute Gasteiger partial charge is 0.261 e. The van der Waals surface area contributed by atoms with Gasteiger partial charge in [0.15, 0.2) is 6.61 Å². The highest BCUT2D eigenvalue weighted by Crippen LogP contribution is 2.27. The van der Waals surface area contributed by atoms with Crippen molar-refractivity contribution in [2.75, 3.05) is 6.61 Å². The zero-order chi connectivity index (χ0) is 27.9. The minimum absolute atomic E-state index is 0.114. The van der Waals surface area contributed by atoms with Crippen LogP contribution in [0.1, 0.15) is 44.4 Å². The molecular formula is C30H33BrCl2N2O3. The first-order valence-electron chi connectivity index (χ1n) is 12.5. The molecule has 0 aromatic heterocycles. The van der Waals surface area contributed by atoms with Crippen LogP contribution in [0.15, 0.2) is 71.2 Å². The number of nitrogens with zero attached hydrogens (tertiary/aromatic N) is 1. The van der Waals surface area contributed by atoms with Crippen LogP contribution in [0, 0.1) is 0 Å². The lowest BCUT2D eigenvalue weighted by Crippen LogP contribution is -2.55. The lowest BCUT2D eigenvalue weighted by molar-refractivity contribution is -0.143. The molecule has 8 heteroatoms. The molecule has 0 heterocycles. The van der Waals surface area contributed by atoms with E-state index in [1.165, 1.54) is 4.90 Å². The summed E-state index contributed by atoms with van der Waals surface area (Å²) in [5.74, 6) is -0.0421. The quantitative estimate of drug-likeness (QED) is 0.260. The zero-order valence-electron chi connectivity index (χ0n) is 22.1. The molecule has 0 aliphatic carbocycles. The lowest BCUT2D eigenvalue weighted by atomic mass is 10.0. The third-order valence-corrected chi connectivity index (χ3v) is 7.09. The van der Waals surface area contributed by atoms with Crippen LogP contribution in [0.25, 0.3) is 0 Å². The van der Waals surface area contributed by atoms with E-state index in [4.69, 9.17) is 27.9 Å². The standard InChI is InChI=1S/C30H33BrCl2N2O3/c1-5-20-11-14-27(24(31)15-20)38-19-28(36)35(18-22-12-13-23(32)17-25(22)33)26(29(37)34-30(2,3)4)16-21-9-7-6-8-10-21/h6-15,17,26H,5,16,18-19H2,1-4H3,(H,34,37)/t26-/m1/s1. The number of carbonyl (C=O) groups is 2. The van der Waals surface area contributed by atoms with Gasteiger partial charge in [0.1, 0.15) is 11.8 Å². The Hall–Kier alpha value is -2.54. The van der Waals surface area contributed by atoms with E-state index >= 15 is 0 Å². The van der Waals surface area contributed by atoms with Gasteiger partial charge in [-0.25, -0.2) is 0 Å². The van der Waals surface area contributed by atoms with Crippen molar-refractivity contribution in [1.29, 1.82) is 0 Å². The van der Waals surface area contributed by atoms with Crippen LogP contribution in [-0.2, 0) is 29.0 Å². The van der Waals surface area contributed by atoms with Crippen molar-refractivity contribution in [2.24, 2.45) is 0 Å². The van der Waals surface area contributed by atoms with Gasteiger partial charge in [-0.1, -0.05) is 72.6 Å². The predicted octanol–water partition coefficient (Wildman–Crippen LogP) is 7.25. The molecule has 0 bridgehead atoms. The highest BCUT2D eigenvalue weighted by molar-refractivity contribution is 9.10. The Morgan fingerprint density at radius 1 is 1.00 bits per heavy atom. The number of hydrogen-bond donors (Lipinski definition) is 1. The normalized spacial score (nSPS) is 12.1. The number of nitrogens with one attached hydrogen (secondary N) is 1. The summed E-state index contributed by atoms with van der Waals surface area (Å²) < 4.78 is 6.69. The number of benzene rings is 3. The number of ether oxygens (including phenoxy) is 1. The second kappa shape index (κ2) is 13.5. The maximum Gasteiger partial charge on any atom is 0.261 e. The molecule has 0 fully saturated rings. The molecular weight excluding hydrogens is 587 g/mol. The van der Waals surface area contributed by atoms with Gasteiger partial charge in [0, 0.05) is 28.5 Å². The van der Waals surface area contributed by atoms with Gasteiger partial charge in [-0.05, 0) is 84.1 Å². The van der Waals surface area contributed by atoms with E-state index in [1.54, 1.807) is 18.2 Å². The molecule has 202 valence electrons. The summed E-state index contributed by atoms with van der Waals surface area (Å²) in [5, 5.41) is 3.96. The van der Waals surface area contributed by atoms with Gasteiger partial charge in [-0.3, -0.25) is 9.59 Å². The second-order valence-corrected chi connectivity index (χ2v) is 11.8. The number of hydrogen-bond acceptors (Lipinski definition) is 3. The lowest BCUT2D eigenvalue weighted by Gasteiger charge is -2.34. The summed E-state index contributed by atoms with van der Waals surface area (Å²) >= 11 is 16.1. The molecule has 0 saturated heterocycles. The fraction of sp³-hybridized carbons (Fsp3) is 0.333. The Balaban J connectivity index is 1.96. The van der Waals surface area contributed by atoms with Gasteiger partial charge in [0.05, 0.1) is 4.47 Å². The molecule has 3 aromatic carbocycles. The Labute approximate surface area is 243 Å². The number of amides is 2. The topological polar surface area (TPSA) is 58.6 Å². The molecule has 1 N–H and O–H groups in total. The van der Waals surface area contributed by atoms with E-state index in [0.29, 0.717) is 27.8 Å². The molecule has 3 rings (SSSR count). The first-order chi connectivity index (χ1) is 18.0. The van der Waals surface area contributed by atoms with Gasteiger partial charge >= 0.3 is 0 Å². The van der Waals surface area contributed by atoms with Crippen molar-refractivity contribution in [3.8, 4) is 5.75 Å². The maximum atomic E-state index is 13.8.